The molecule has 1 aromatic carbocycles. The van der Waals surface area contributed by atoms with Crippen molar-refractivity contribution < 1.29 is 0 Å². The van der Waals surface area contributed by atoms with Crippen LogP contribution in [0.25, 0.3) is 0 Å². The Hall–Kier alpha value is -0.591. The van der Waals surface area contributed by atoms with Crippen LogP contribution >= 0.6 is 0 Å². The van der Waals surface area contributed by atoms with E-state index < -0.39 is 0 Å². The Morgan fingerprint density at radius 1 is 1.00 bits per heavy atom. The zero-order chi connectivity index (χ0) is 9.80. The van der Waals surface area contributed by atoms with Gasteiger partial charge in [0.15, 0.2) is 0 Å². The average molecular weight is 252 g/mol. The molecule has 0 radical (unpaired) electrons. The first kappa shape index (κ1) is 9.95. The minimum atomic E-state index is 1.21. The normalized spacial score (nSPS) is 16.7. The molecule has 14 heavy (non-hydrogen) atoms. The van der Waals surface area contributed by atoms with Gasteiger partial charge in [-0.3, -0.25) is 0 Å². The molecule has 0 unspecified atom stereocenters. The summed E-state index contributed by atoms with van der Waals surface area (Å²) in [6, 6.07) is 10.6. The van der Waals surface area contributed by atoms with Gasteiger partial charge in [-0.1, -0.05) is 0 Å². The van der Waals surface area contributed by atoms with E-state index in [0.717, 1.165) is 0 Å². The van der Waals surface area contributed by atoms with Crippen molar-refractivity contribution in [3.8, 4) is 0 Å². The Kier molecular flexibility index (Phi) is 3.39. The zero-order valence-corrected chi connectivity index (χ0v) is 9.99. The number of likely N-dealkylation sites (tertiary alicyclic amines) is 1. The summed E-state index contributed by atoms with van der Waals surface area (Å²) in [6.45, 7) is 2.41. The third kappa shape index (κ3) is 2.26. The van der Waals surface area contributed by atoms with Gasteiger partial charge in [0.25, 0.3) is 0 Å². The van der Waals surface area contributed by atoms with Crippen LogP contribution < -0.4 is 0 Å². The maximum atomic E-state index is 3.21. The van der Waals surface area contributed by atoms with Crippen LogP contribution in [0.15, 0.2) is 30.3 Å². The molecule has 1 aliphatic heterocycles. The van der Waals surface area contributed by atoms with Crippen molar-refractivity contribution in [2.45, 2.75) is 19.3 Å². The Balaban J connectivity index is 2.07. The van der Waals surface area contributed by atoms with Crippen molar-refractivity contribution in [1.82, 2.24) is 4.90 Å². The molecule has 1 aliphatic rings. The SMILES string of the molecule is [Se]=C(c1ccccc1)N1CCCCC1. The quantitative estimate of drug-likeness (QED) is 0.726. The molecule has 0 amide bonds. The van der Waals surface area contributed by atoms with E-state index in [1.807, 2.05) is 0 Å². The molecule has 1 nitrogen and oxygen atoms in total. The minimum absolute atomic E-state index is 1.21. The van der Waals surface area contributed by atoms with Gasteiger partial charge in [0.2, 0.25) is 0 Å². The molecule has 2 heteroatoms. The number of hydrogen-bond acceptors (Lipinski definition) is 1. The van der Waals surface area contributed by atoms with Crippen LogP contribution in [0.1, 0.15) is 24.8 Å². The first-order valence-electron chi connectivity index (χ1n) is 5.22. The second-order valence-corrected chi connectivity index (χ2v) is 4.53. The Morgan fingerprint density at radius 2 is 1.64 bits per heavy atom. The topological polar surface area (TPSA) is 3.24 Å². The molecule has 0 bridgehead atoms. The summed E-state index contributed by atoms with van der Waals surface area (Å²) in [5, 5.41) is 0. The summed E-state index contributed by atoms with van der Waals surface area (Å²) >= 11 is 3.21. The molecule has 0 atom stereocenters. The molecule has 1 fully saturated rings. The number of piperidine rings is 1. The van der Waals surface area contributed by atoms with Crippen molar-refractivity contribution in [3.05, 3.63) is 35.9 Å². The number of rotatable bonds is 2. The van der Waals surface area contributed by atoms with Gasteiger partial charge < -0.3 is 0 Å². The molecule has 1 heterocycles. The Labute approximate surface area is 93.5 Å². The molecule has 0 spiro atoms. The van der Waals surface area contributed by atoms with E-state index in [-0.39, 0.29) is 0 Å². The Morgan fingerprint density at radius 3 is 2.29 bits per heavy atom. The molecule has 0 aromatic heterocycles. The van der Waals surface area contributed by atoms with Crippen LogP contribution in [0.4, 0.5) is 0 Å². The van der Waals surface area contributed by atoms with Crippen molar-refractivity contribution >= 4 is 20.1 Å². The van der Waals surface area contributed by atoms with Gasteiger partial charge in [-0.15, -0.1) is 0 Å². The van der Waals surface area contributed by atoms with E-state index in [9.17, 15) is 0 Å². The third-order valence-electron chi connectivity index (χ3n) is 2.66. The predicted molar refractivity (Wildman–Crippen MR) is 61.7 cm³/mol. The first-order valence-corrected chi connectivity index (χ1v) is 6.08. The van der Waals surface area contributed by atoms with Gasteiger partial charge >= 0.3 is 93.3 Å². The maximum absolute atomic E-state index is 3.21. The molecule has 1 aromatic rings. The molecule has 74 valence electrons. The van der Waals surface area contributed by atoms with Gasteiger partial charge in [0.05, 0.1) is 0 Å². The van der Waals surface area contributed by atoms with Crippen LogP contribution in [0.5, 0.6) is 0 Å². The summed E-state index contributed by atoms with van der Waals surface area (Å²) in [4.78, 5) is 2.46. The van der Waals surface area contributed by atoms with Gasteiger partial charge in [0.1, 0.15) is 0 Å². The number of hydrogen-bond donors (Lipinski definition) is 0. The van der Waals surface area contributed by atoms with E-state index in [0.29, 0.717) is 0 Å². The Bertz CT molecular complexity index is 301. The van der Waals surface area contributed by atoms with Crippen LogP contribution in [0, 0.1) is 0 Å². The van der Waals surface area contributed by atoms with E-state index >= 15 is 0 Å². The summed E-state index contributed by atoms with van der Waals surface area (Å²) in [6.07, 6.45) is 4.05. The molecular weight excluding hydrogens is 237 g/mol. The second-order valence-electron chi connectivity index (χ2n) is 3.72. The van der Waals surface area contributed by atoms with Crippen molar-refractivity contribution in [1.29, 1.82) is 0 Å². The summed E-state index contributed by atoms with van der Waals surface area (Å²) in [5.74, 6) is 0. The molecule has 0 saturated carbocycles. The summed E-state index contributed by atoms with van der Waals surface area (Å²) < 4.78 is 1.31. The molecular formula is C12H15NSe. The van der Waals surface area contributed by atoms with Gasteiger partial charge in [-0.05, 0) is 0 Å². The summed E-state index contributed by atoms with van der Waals surface area (Å²) in [7, 11) is 0. The van der Waals surface area contributed by atoms with Gasteiger partial charge in [0, 0.05) is 0 Å². The zero-order valence-electron chi connectivity index (χ0n) is 8.28. The number of benzene rings is 1. The van der Waals surface area contributed by atoms with Gasteiger partial charge in [-0.25, -0.2) is 0 Å². The molecule has 1 saturated heterocycles. The second kappa shape index (κ2) is 4.77. The summed E-state index contributed by atoms with van der Waals surface area (Å²) in [5.41, 5.74) is 1.31. The average Bonchev–Trinajstić information content (AvgIpc) is 2.30. The van der Waals surface area contributed by atoms with Crippen LogP contribution in [0.2, 0.25) is 0 Å². The number of nitrogens with zero attached hydrogens (tertiary/aromatic N) is 1. The standard InChI is InChI=1S/C12H15NSe/c14-12(11-7-3-1-4-8-11)13-9-5-2-6-10-13/h1,3-4,7-8H,2,5-6,9-10H2. The van der Waals surface area contributed by atoms with Crippen LogP contribution in [-0.4, -0.2) is 38.1 Å². The first-order chi connectivity index (χ1) is 6.88. The van der Waals surface area contributed by atoms with Gasteiger partial charge in [-0.2, -0.15) is 0 Å². The fraction of sp³-hybridized carbons (Fsp3) is 0.417. The fourth-order valence-corrected chi connectivity index (χ4v) is 2.53. The van der Waals surface area contributed by atoms with Crippen LogP contribution in [-0.2, 0) is 0 Å². The molecule has 2 rings (SSSR count). The van der Waals surface area contributed by atoms with Crippen molar-refractivity contribution in [2.24, 2.45) is 0 Å². The third-order valence-corrected chi connectivity index (χ3v) is 3.70. The fourth-order valence-electron chi connectivity index (χ4n) is 1.86. The van der Waals surface area contributed by atoms with Crippen molar-refractivity contribution in [3.63, 3.8) is 0 Å². The van der Waals surface area contributed by atoms with Crippen molar-refractivity contribution in [2.75, 3.05) is 13.1 Å². The van der Waals surface area contributed by atoms with Crippen LogP contribution in [0.3, 0.4) is 0 Å². The van der Waals surface area contributed by atoms with E-state index in [1.165, 1.54) is 42.5 Å². The molecule has 0 aliphatic carbocycles. The van der Waals surface area contributed by atoms with E-state index in [1.54, 1.807) is 0 Å². The predicted octanol–water partition coefficient (Wildman–Crippen LogP) is 1.82. The monoisotopic (exact) mass is 253 g/mol. The van der Waals surface area contributed by atoms with E-state index in [2.05, 4.69) is 50.8 Å². The van der Waals surface area contributed by atoms with E-state index in [4.69, 9.17) is 0 Å². The molecule has 0 N–H and O–H groups in total.